The third-order valence-electron chi connectivity index (χ3n) is 5.80. The largest absolute Gasteiger partial charge is 0.435 e. The highest BCUT2D eigenvalue weighted by molar-refractivity contribution is 7.93. The second-order valence-electron chi connectivity index (χ2n) is 8.30. The summed E-state index contributed by atoms with van der Waals surface area (Å²) in [4.78, 5) is 12.8. The Hall–Kier alpha value is -3.12. The van der Waals surface area contributed by atoms with Crippen molar-refractivity contribution in [1.29, 1.82) is 0 Å². The highest BCUT2D eigenvalue weighted by Gasteiger charge is 2.35. The Balaban J connectivity index is 1.52. The topological polar surface area (TPSA) is 84.3 Å². The van der Waals surface area contributed by atoms with Crippen molar-refractivity contribution in [3.63, 3.8) is 0 Å². The maximum Gasteiger partial charge on any atom is 0.435 e. The summed E-state index contributed by atoms with van der Waals surface area (Å²) < 4.78 is 80.8. The van der Waals surface area contributed by atoms with Crippen LogP contribution in [0.25, 0.3) is 5.69 Å². The summed E-state index contributed by atoms with van der Waals surface area (Å²) in [5, 5.41) is 6.48. The van der Waals surface area contributed by atoms with E-state index in [4.69, 9.17) is 11.6 Å². The van der Waals surface area contributed by atoms with Gasteiger partial charge in [0.1, 0.15) is 5.82 Å². The molecular formula is C23H21ClF4N4O3S. The van der Waals surface area contributed by atoms with Gasteiger partial charge in [-0.1, -0.05) is 23.7 Å². The number of carbonyl (C=O) groups is 1. The van der Waals surface area contributed by atoms with E-state index in [-0.39, 0.29) is 41.5 Å². The lowest BCUT2D eigenvalue weighted by atomic mass is 9.99. The fraction of sp³-hybridized carbons (Fsp3) is 0.304. The SMILES string of the molecule is CC(C(=O)NCc1cc(C(F)(F)F)nn1-c1cccc(Cl)c1)c1ccc(N2CCCS2(=O)=O)c(F)c1. The van der Waals surface area contributed by atoms with E-state index >= 15 is 0 Å². The molecule has 1 unspecified atom stereocenters. The first-order chi connectivity index (χ1) is 16.9. The first-order valence-electron chi connectivity index (χ1n) is 10.9. The fourth-order valence-electron chi connectivity index (χ4n) is 3.90. The van der Waals surface area contributed by atoms with Gasteiger partial charge in [-0.3, -0.25) is 9.10 Å². The van der Waals surface area contributed by atoms with Gasteiger partial charge in [-0.2, -0.15) is 18.3 Å². The predicted molar refractivity (Wildman–Crippen MR) is 126 cm³/mol. The van der Waals surface area contributed by atoms with Crippen molar-refractivity contribution < 1.29 is 30.8 Å². The first kappa shape index (κ1) is 26.0. The van der Waals surface area contributed by atoms with Gasteiger partial charge in [0.2, 0.25) is 15.9 Å². The number of rotatable bonds is 6. The number of halogens is 5. The van der Waals surface area contributed by atoms with Crippen LogP contribution in [0.3, 0.4) is 0 Å². The molecular weight excluding hydrogens is 524 g/mol. The highest BCUT2D eigenvalue weighted by Crippen LogP contribution is 2.31. The van der Waals surface area contributed by atoms with Gasteiger partial charge in [-0.15, -0.1) is 0 Å². The van der Waals surface area contributed by atoms with E-state index in [2.05, 4.69) is 10.4 Å². The molecule has 1 atom stereocenters. The molecule has 1 aromatic heterocycles. The molecule has 0 bridgehead atoms. The van der Waals surface area contributed by atoms with E-state index in [9.17, 15) is 30.8 Å². The Morgan fingerprint density at radius 2 is 1.94 bits per heavy atom. The van der Waals surface area contributed by atoms with E-state index in [1.54, 1.807) is 12.1 Å². The second-order valence-corrected chi connectivity index (χ2v) is 10.8. The maximum atomic E-state index is 14.7. The molecule has 0 saturated carbocycles. The number of nitrogens with zero attached hydrogens (tertiary/aromatic N) is 3. The zero-order valence-electron chi connectivity index (χ0n) is 18.9. The number of nitrogens with one attached hydrogen (secondary N) is 1. The van der Waals surface area contributed by atoms with Gasteiger partial charge >= 0.3 is 6.18 Å². The molecule has 13 heteroatoms. The van der Waals surface area contributed by atoms with Gasteiger partial charge in [0.15, 0.2) is 5.69 Å². The average molecular weight is 545 g/mol. The number of carbonyl (C=O) groups excluding carboxylic acids is 1. The quantitative estimate of drug-likeness (QED) is 0.458. The molecule has 0 spiro atoms. The zero-order valence-corrected chi connectivity index (χ0v) is 20.5. The number of hydrogen-bond acceptors (Lipinski definition) is 4. The van der Waals surface area contributed by atoms with Crippen LogP contribution in [0.4, 0.5) is 23.2 Å². The molecule has 0 radical (unpaired) electrons. The molecule has 192 valence electrons. The standard InChI is InChI=1S/C23H21ClF4N4O3S/c1-14(15-6-7-20(19(25)10-15)31-8-3-9-36(31,34)35)22(33)29-13-18-12-21(23(26,27)28)30-32(18)17-5-2-4-16(24)11-17/h2,4-7,10-12,14H,3,8-9,13H2,1H3,(H,29,33). The summed E-state index contributed by atoms with van der Waals surface area (Å²) in [5.74, 6) is -2.28. The third kappa shape index (κ3) is 5.34. The molecule has 1 N–H and O–H groups in total. The molecule has 1 amide bonds. The smallest absolute Gasteiger partial charge is 0.350 e. The minimum absolute atomic E-state index is 0.0607. The Morgan fingerprint density at radius 1 is 1.19 bits per heavy atom. The summed E-state index contributed by atoms with van der Waals surface area (Å²) in [6.45, 7) is 1.39. The van der Waals surface area contributed by atoms with Crippen molar-refractivity contribution in [3.8, 4) is 5.69 Å². The third-order valence-corrected chi connectivity index (χ3v) is 7.89. The number of anilines is 1. The molecule has 1 saturated heterocycles. The number of benzene rings is 2. The average Bonchev–Trinajstić information content (AvgIpc) is 3.40. The van der Waals surface area contributed by atoms with Crippen LogP contribution in [0.2, 0.25) is 5.02 Å². The van der Waals surface area contributed by atoms with Gasteiger partial charge in [0.05, 0.1) is 35.3 Å². The predicted octanol–water partition coefficient (Wildman–Crippen LogP) is 4.64. The number of hydrogen-bond donors (Lipinski definition) is 1. The molecule has 1 aliphatic heterocycles. The van der Waals surface area contributed by atoms with Crippen molar-refractivity contribution >= 4 is 33.2 Å². The molecule has 1 aliphatic rings. The molecule has 2 aromatic carbocycles. The summed E-state index contributed by atoms with van der Waals surface area (Å²) >= 11 is 5.96. The Labute approximate surface area is 209 Å². The molecule has 7 nitrogen and oxygen atoms in total. The van der Waals surface area contributed by atoms with E-state index in [1.807, 2.05) is 0 Å². The molecule has 36 heavy (non-hydrogen) atoms. The van der Waals surface area contributed by atoms with Crippen LogP contribution in [-0.2, 0) is 27.5 Å². The summed E-state index contributed by atoms with van der Waals surface area (Å²) in [6.07, 6.45) is -4.30. The van der Waals surface area contributed by atoms with Crippen LogP contribution in [0.5, 0.6) is 0 Å². The zero-order chi connectivity index (χ0) is 26.3. The molecule has 2 heterocycles. The Kier molecular flexibility index (Phi) is 7.02. The van der Waals surface area contributed by atoms with E-state index in [0.29, 0.717) is 11.4 Å². The normalized spacial score (nSPS) is 16.2. The van der Waals surface area contributed by atoms with Crippen LogP contribution < -0.4 is 9.62 Å². The van der Waals surface area contributed by atoms with Crippen LogP contribution in [0.15, 0.2) is 48.5 Å². The first-order valence-corrected chi connectivity index (χ1v) is 12.8. The lowest BCUT2D eigenvalue weighted by molar-refractivity contribution is -0.141. The summed E-state index contributed by atoms with van der Waals surface area (Å²) in [7, 11) is -3.57. The van der Waals surface area contributed by atoms with Gasteiger partial charge in [-0.05, 0) is 55.3 Å². The van der Waals surface area contributed by atoms with E-state index < -0.39 is 39.5 Å². The summed E-state index contributed by atoms with van der Waals surface area (Å²) in [5.41, 5.74) is -0.594. The molecule has 4 rings (SSSR count). The van der Waals surface area contributed by atoms with E-state index in [1.165, 1.54) is 31.2 Å². The Morgan fingerprint density at radius 3 is 2.56 bits per heavy atom. The van der Waals surface area contributed by atoms with Crippen molar-refractivity contribution in [2.75, 3.05) is 16.6 Å². The van der Waals surface area contributed by atoms with Crippen molar-refractivity contribution in [2.45, 2.75) is 32.0 Å². The Bertz CT molecular complexity index is 1410. The van der Waals surface area contributed by atoms with Crippen molar-refractivity contribution in [3.05, 3.63) is 76.3 Å². The monoisotopic (exact) mass is 544 g/mol. The van der Waals surface area contributed by atoms with E-state index in [0.717, 1.165) is 21.1 Å². The second kappa shape index (κ2) is 9.74. The minimum atomic E-state index is -4.70. The minimum Gasteiger partial charge on any atom is -0.350 e. The highest BCUT2D eigenvalue weighted by atomic mass is 35.5. The van der Waals surface area contributed by atoms with Gasteiger partial charge < -0.3 is 5.32 Å². The molecule has 0 aliphatic carbocycles. The van der Waals surface area contributed by atoms with Crippen molar-refractivity contribution in [2.24, 2.45) is 0 Å². The maximum absolute atomic E-state index is 14.7. The van der Waals surface area contributed by atoms with Crippen LogP contribution in [0, 0.1) is 5.82 Å². The molecule has 1 fully saturated rings. The lowest BCUT2D eigenvalue weighted by Crippen LogP contribution is -2.29. The van der Waals surface area contributed by atoms with Crippen molar-refractivity contribution in [1.82, 2.24) is 15.1 Å². The number of aromatic nitrogens is 2. The van der Waals surface area contributed by atoms with Gasteiger partial charge in [0, 0.05) is 11.6 Å². The fourth-order valence-corrected chi connectivity index (χ4v) is 5.66. The van der Waals surface area contributed by atoms with Crippen LogP contribution >= 0.6 is 11.6 Å². The number of amides is 1. The van der Waals surface area contributed by atoms with Gasteiger partial charge in [0.25, 0.3) is 0 Å². The van der Waals surface area contributed by atoms with Crippen LogP contribution in [0.1, 0.15) is 36.2 Å². The summed E-state index contributed by atoms with van der Waals surface area (Å²) in [6, 6.07) is 10.8. The number of alkyl halides is 3. The molecule has 3 aromatic rings. The number of sulfonamides is 1. The van der Waals surface area contributed by atoms with Crippen LogP contribution in [-0.4, -0.2) is 36.4 Å². The lowest BCUT2D eigenvalue weighted by Gasteiger charge is -2.19. The van der Waals surface area contributed by atoms with Gasteiger partial charge in [-0.25, -0.2) is 17.5 Å².